The molecule has 0 N–H and O–H groups in total. The van der Waals surface area contributed by atoms with Gasteiger partial charge in [-0.25, -0.2) is 4.79 Å². The van der Waals surface area contributed by atoms with Crippen molar-refractivity contribution in [2.24, 2.45) is 0 Å². The van der Waals surface area contributed by atoms with Crippen molar-refractivity contribution in [1.82, 2.24) is 9.80 Å². The maximum atomic E-state index is 12.9. The first-order valence-corrected chi connectivity index (χ1v) is 10.6. The number of ether oxygens (including phenoxy) is 1. The molecule has 2 heterocycles. The molecule has 1 saturated heterocycles. The van der Waals surface area contributed by atoms with E-state index in [1.54, 1.807) is 13.0 Å². The number of rotatable bonds is 4. The molecule has 2 aromatic rings. The number of hydrogen-bond donors (Lipinski definition) is 0. The van der Waals surface area contributed by atoms with E-state index < -0.39 is 6.10 Å². The van der Waals surface area contributed by atoms with Crippen molar-refractivity contribution in [3.05, 3.63) is 39.7 Å². The Morgan fingerprint density at radius 1 is 1.21 bits per heavy atom. The zero-order valence-electron chi connectivity index (χ0n) is 17.6. The number of carbonyl (C=O) groups is 1. The SMILES string of the molecule is CC(Oc1ccc2c3c(c(=O)oc2c1)CCCC3)C(=O)N(C)C1CCN(C)CC1. The van der Waals surface area contributed by atoms with Gasteiger partial charge in [0.25, 0.3) is 5.91 Å². The second-order valence-electron chi connectivity index (χ2n) is 8.46. The lowest BCUT2D eigenvalue weighted by Gasteiger charge is -2.36. The van der Waals surface area contributed by atoms with Crippen LogP contribution in [-0.4, -0.2) is 55.0 Å². The minimum atomic E-state index is -0.596. The molecule has 1 aliphatic carbocycles. The molecule has 0 bridgehead atoms. The molecular formula is C23H30N2O4. The largest absolute Gasteiger partial charge is 0.481 e. The summed E-state index contributed by atoms with van der Waals surface area (Å²) < 4.78 is 11.5. The first kappa shape index (κ1) is 20.0. The molecule has 1 aromatic carbocycles. The predicted molar refractivity (Wildman–Crippen MR) is 113 cm³/mol. The van der Waals surface area contributed by atoms with E-state index in [4.69, 9.17) is 9.15 Å². The van der Waals surface area contributed by atoms with Crippen molar-refractivity contribution in [2.75, 3.05) is 27.2 Å². The number of piperidine rings is 1. The number of hydrogen-bond acceptors (Lipinski definition) is 5. The third-order valence-electron chi connectivity index (χ3n) is 6.44. The van der Waals surface area contributed by atoms with E-state index in [1.807, 2.05) is 24.1 Å². The zero-order valence-corrected chi connectivity index (χ0v) is 17.6. The van der Waals surface area contributed by atoms with Crippen LogP contribution < -0.4 is 10.4 Å². The fourth-order valence-electron chi connectivity index (χ4n) is 4.60. The lowest BCUT2D eigenvalue weighted by Crippen LogP contribution is -2.48. The molecule has 6 heteroatoms. The number of amides is 1. The van der Waals surface area contributed by atoms with Crippen LogP contribution in [0.1, 0.15) is 43.7 Å². The predicted octanol–water partition coefficient (Wildman–Crippen LogP) is 2.99. The van der Waals surface area contributed by atoms with Crippen LogP contribution in [0.5, 0.6) is 5.75 Å². The van der Waals surface area contributed by atoms with E-state index >= 15 is 0 Å². The van der Waals surface area contributed by atoms with Crippen LogP contribution in [0, 0.1) is 0 Å². The molecular weight excluding hydrogens is 368 g/mol. The third-order valence-corrected chi connectivity index (χ3v) is 6.44. The van der Waals surface area contributed by atoms with Crippen molar-refractivity contribution in [3.63, 3.8) is 0 Å². The highest BCUT2D eigenvalue weighted by Crippen LogP contribution is 2.29. The Labute approximate surface area is 171 Å². The average molecular weight is 399 g/mol. The van der Waals surface area contributed by atoms with Crippen molar-refractivity contribution in [1.29, 1.82) is 0 Å². The Morgan fingerprint density at radius 3 is 2.62 bits per heavy atom. The normalized spacial score (nSPS) is 19.0. The Hall–Kier alpha value is -2.34. The molecule has 2 aliphatic rings. The average Bonchev–Trinajstić information content (AvgIpc) is 2.73. The van der Waals surface area contributed by atoms with Gasteiger partial charge in [-0.1, -0.05) is 0 Å². The summed E-state index contributed by atoms with van der Waals surface area (Å²) in [6, 6.07) is 5.82. The smallest absolute Gasteiger partial charge is 0.339 e. The van der Waals surface area contributed by atoms with Gasteiger partial charge in [-0.3, -0.25) is 4.79 Å². The van der Waals surface area contributed by atoms with Gasteiger partial charge in [0, 0.05) is 30.1 Å². The van der Waals surface area contributed by atoms with E-state index in [0.717, 1.165) is 68.1 Å². The Morgan fingerprint density at radius 2 is 1.90 bits per heavy atom. The number of carbonyl (C=O) groups excluding carboxylic acids is 1. The third kappa shape index (κ3) is 4.04. The summed E-state index contributed by atoms with van der Waals surface area (Å²) in [5.74, 6) is 0.528. The van der Waals surface area contributed by atoms with Crippen LogP contribution in [0.25, 0.3) is 11.0 Å². The Balaban J connectivity index is 1.50. The Kier molecular flexibility index (Phi) is 5.63. The molecule has 156 valence electrons. The van der Waals surface area contributed by atoms with Crippen LogP contribution in [0.3, 0.4) is 0 Å². The van der Waals surface area contributed by atoms with Crippen molar-refractivity contribution in [3.8, 4) is 5.75 Å². The molecule has 1 atom stereocenters. The summed E-state index contributed by atoms with van der Waals surface area (Å²) in [6.45, 7) is 3.79. The molecule has 4 rings (SSSR count). The topological polar surface area (TPSA) is 63.0 Å². The number of benzene rings is 1. The van der Waals surface area contributed by atoms with E-state index in [0.29, 0.717) is 11.3 Å². The summed E-state index contributed by atoms with van der Waals surface area (Å²) >= 11 is 0. The molecule has 1 aromatic heterocycles. The number of likely N-dealkylation sites (N-methyl/N-ethyl adjacent to an activating group) is 1. The lowest BCUT2D eigenvalue weighted by atomic mass is 9.91. The molecule has 0 radical (unpaired) electrons. The minimum Gasteiger partial charge on any atom is -0.481 e. The summed E-state index contributed by atoms with van der Waals surface area (Å²) in [5, 5.41) is 0.981. The van der Waals surface area contributed by atoms with E-state index in [-0.39, 0.29) is 17.6 Å². The van der Waals surface area contributed by atoms with Crippen LogP contribution in [-0.2, 0) is 17.6 Å². The molecule has 0 saturated carbocycles. The number of likely N-dealkylation sites (tertiary alicyclic amines) is 1. The summed E-state index contributed by atoms with van der Waals surface area (Å²) in [7, 11) is 3.98. The maximum Gasteiger partial charge on any atom is 0.339 e. The molecule has 1 aliphatic heterocycles. The lowest BCUT2D eigenvalue weighted by molar-refractivity contribution is -0.139. The van der Waals surface area contributed by atoms with E-state index in [2.05, 4.69) is 11.9 Å². The number of nitrogens with zero attached hydrogens (tertiary/aromatic N) is 2. The molecule has 6 nitrogen and oxygen atoms in total. The van der Waals surface area contributed by atoms with Crippen LogP contribution in [0.15, 0.2) is 27.4 Å². The molecule has 29 heavy (non-hydrogen) atoms. The van der Waals surface area contributed by atoms with E-state index in [9.17, 15) is 9.59 Å². The van der Waals surface area contributed by atoms with Gasteiger partial charge in [0.15, 0.2) is 6.10 Å². The number of aryl methyl sites for hydroxylation is 1. The highest BCUT2D eigenvalue weighted by atomic mass is 16.5. The van der Waals surface area contributed by atoms with Crippen molar-refractivity contribution >= 4 is 16.9 Å². The quantitative estimate of drug-likeness (QED) is 0.741. The van der Waals surface area contributed by atoms with Gasteiger partial charge in [-0.15, -0.1) is 0 Å². The fourth-order valence-corrected chi connectivity index (χ4v) is 4.60. The second kappa shape index (κ2) is 8.19. The number of fused-ring (bicyclic) bond motifs is 3. The monoisotopic (exact) mass is 398 g/mol. The summed E-state index contributed by atoms with van der Waals surface area (Å²) in [5.41, 5.74) is 2.23. The van der Waals surface area contributed by atoms with Gasteiger partial charge in [-0.05, 0) is 83.3 Å². The minimum absolute atomic E-state index is 0.0217. The van der Waals surface area contributed by atoms with Crippen LogP contribution >= 0.6 is 0 Å². The van der Waals surface area contributed by atoms with Gasteiger partial charge in [0.05, 0.1) is 0 Å². The molecule has 1 amide bonds. The Bertz CT molecular complexity index is 959. The van der Waals surface area contributed by atoms with Crippen LogP contribution in [0.2, 0.25) is 0 Å². The maximum absolute atomic E-state index is 12.9. The first-order valence-electron chi connectivity index (χ1n) is 10.6. The van der Waals surface area contributed by atoms with Gasteiger partial charge < -0.3 is 19.0 Å². The van der Waals surface area contributed by atoms with Crippen molar-refractivity contribution < 1.29 is 13.9 Å². The van der Waals surface area contributed by atoms with Crippen LogP contribution in [0.4, 0.5) is 0 Å². The van der Waals surface area contributed by atoms with Gasteiger partial charge in [0.2, 0.25) is 0 Å². The van der Waals surface area contributed by atoms with Gasteiger partial charge in [0.1, 0.15) is 11.3 Å². The molecule has 1 unspecified atom stereocenters. The highest BCUT2D eigenvalue weighted by Gasteiger charge is 2.28. The van der Waals surface area contributed by atoms with Crippen molar-refractivity contribution in [2.45, 2.75) is 57.6 Å². The van der Waals surface area contributed by atoms with Gasteiger partial charge >= 0.3 is 5.63 Å². The highest BCUT2D eigenvalue weighted by molar-refractivity contribution is 5.84. The fraction of sp³-hybridized carbons (Fsp3) is 0.565. The summed E-state index contributed by atoms with van der Waals surface area (Å²) in [4.78, 5) is 29.3. The second-order valence-corrected chi connectivity index (χ2v) is 8.46. The first-order chi connectivity index (χ1) is 13.9. The zero-order chi connectivity index (χ0) is 20.5. The van der Waals surface area contributed by atoms with E-state index in [1.165, 1.54) is 0 Å². The molecule has 0 spiro atoms. The standard InChI is InChI=1S/C23H30N2O4/c1-15(22(26)25(3)16-10-12-24(2)13-11-16)28-17-8-9-19-18-6-4-5-7-20(18)23(27)29-21(19)14-17/h8-9,14-16H,4-7,10-13H2,1-3H3. The van der Waals surface area contributed by atoms with Gasteiger partial charge in [-0.2, -0.15) is 0 Å². The summed E-state index contributed by atoms with van der Waals surface area (Å²) in [6.07, 6.45) is 5.21. The molecule has 1 fully saturated rings.